The fraction of sp³-hybridized carbons (Fsp3) is 0.875. The van der Waals surface area contributed by atoms with E-state index in [0.717, 1.165) is 6.42 Å². The fourth-order valence-corrected chi connectivity index (χ4v) is 1.07. The summed E-state index contributed by atoms with van der Waals surface area (Å²) in [6.07, 6.45) is 1.21. The summed E-state index contributed by atoms with van der Waals surface area (Å²) in [4.78, 5) is 10.6. The number of hydrogen-bond acceptors (Lipinski definition) is 2. The molecular formula is C8H16O3. The molecule has 0 rings (SSSR count). The van der Waals surface area contributed by atoms with Crippen molar-refractivity contribution in [1.82, 2.24) is 0 Å². The molecule has 0 fully saturated rings. The summed E-state index contributed by atoms with van der Waals surface area (Å²) < 4.78 is 0. The molecule has 11 heavy (non-hydrogen) atoms. The Morgan fingerprint density at radius 3 is 2.36 bits per heavy atom. The van der Waals surface area contributed by atoms with Gasteiger partial charge in [-0.05, 0) is 12.3 Å². The van der Waals surface area contributed by atoms with Gasteiger partial charge in [0, 0.05) is 6.61 Å². The SMILES string of the molecule is CCC(C)C(CCO)C(=O)O. The molecule has 0 amide bonds. The number of aliphatic carboxylic acids is 1. The van der Waals surface area contributed by atoms with Gasteiger partial charge >= 0.3 is 5.97 Å². The predicted molar refractivity (Wildman–Crippen MR) is 42.3 cm³/mol. The van der Waals surface area contributed by atoms with Gasteiger partial charge < -0.3 is 10.2 Å². The normalized spacial score (nSPS) is 15.9. The van der Waals surface area contributed by atoms with Crippen molar-refractivity contribution in [3.63, 3.8) is 0 Å². The van der Waals surface area contributed by atoms with E-state index in [2.05, 4.69) is 0 Å². The van der Waals surface area contributed by atoms with Gasteiger partial charge in [-0.2, -0.15) is 0 Å². The topological polar surface area (TPSA) is 57.5 Å². The number of carboxylic acids is 1. The second-order valence-electron chi connectivity index (χ2n) is 2.84. The van der Waals surface area contributed by atoms with E-state index >= 15 is 0 Å². The lowest BCUT2D eigenvalue weighted by atomic mass is 9.89. The molecule has 0 spiro atoms. The highest BCUT2D eigenvalue weighted by atomic mass is 16.4. The zero-order valence-corrected chi connectivity index (χ0v) is 7.08. The van der Waals surface area contributed by atoms with Crippen LogP contribution >= 0.6 is 0 Å². The molecule has 2 unspecified atom stereocenters. The van der Waals surface area contributed by atoms with Crippen molar-refractivity contribution in [2.24, 2.45) is 11.8 Å². The van der Waals surface area contributed by atoms with Crippen molar-refractivity contribution in [2.45, 2.75) is 26.7 Å². The molecule has 3 nitrogen and oxygen atoms in total. The number of rotatable bonds is 5. The van der Waals surface area contributed by atoms with Crippen LogP contribution in [0, 0.1) is 11.8 Å². The van der Waals surface area contributed by atoms with Crippen LogP contribution in [0.3, 0.4) is 0 Å². The Morgan fingerprint density at radius 2 is 2.09 bits per heavy atom. The Morgan fingerprint density at radius 1 is 1.55 bits per heavy atom. The third kappa shape index (κ3) is 3.37. The molecule has 0 saturated heterocycles. The van der Waals surface area contributed by atoms with Gasteiger partial charge in [-0.15, -0.1) is 0 Å². The minimum absolute atomic E-state index is 0.0404. The van der Waals surface area contributed by atoms with Crippen molar-refractivity contribution in [1.29, 1.82) is 0 Å². The highest BCUT2D eigenvalue weighted by Gasteiger charge is 2.22. The van der Waals surface area contributed by atoms with E-state index in [9.17, 15) is 4.79 Å². The summed E-state index contributed by atoms with van der Waals surface area (Å²) in [6, 6.07) is 0. The number of aliphatic hydroxyl groups is 1. The molecular weight excluding hydrogens is 144 g/mol. The standard InChI is InChI=1S/C8H16O3/c1-3-6(2)7(4-5-9)8(10)11/h6-7,9H,3-5H2,1-2H3,(H,10,11). The van der Waals surface area contributed by atoms with Crippen LogP contribution in [0.1, 0.15) is 26.7 Å². The zero-order valence-electron chi connectivity index (χ0n) is 7.08. The number of aliphatic hydroxyl groups excluding tert-OH is 1. The van der Waals surface area contributed by atoms with E-state index in [1.165, 1.54) is 0 Å². The lowest BCUT2D eigenvalue weighted by Gasteiger charge is -2.16. The third-order valence-corrected chi connectivity index (χ3v) is 2.09. The van der Waals surface area contributed by atoms with Crippen LogP contribution in [0.2, 0.25) is 0 Å². The first-order valence-corrected chi connectivity index (χ1v) is 3.97. The van der Waals surface area contributed by atoms with E-state index in [-0.39, 0.29) is 18.4 Å². The van der Waals surface area contributed by atoms with Gasteiger partial charge in [0.05, 0.1) is 5.92 Å². The average molecular weight is 160 g/mol. The first kappa shape index (κ1) is 10.4. The van der Waals surface area contributed by atoms with Gasteiger partial charge in [0.1, 0.15) is 0 Å². The molecule has 0 aromatic heterocycles. The van der Waals surface area contributed by atoms with Gasteiger partial charge in [-0.3, -0.25) is 4.79 Å². The van der Waals surface area contributed by atoms with E-state index in [1.54, 1.807) is 0 Å². The van der Waals surface area contributed by atoms with E-state index in [1.807, 2.05) is 13.8 Å². The van der Waals surface area contributed by atoms with Crippen LogP contribution in [-0.4, -0.2) is 22.8 Å². The van der Waals surface area contributed by atoms with Crippen LogP contribution < -0.4 is 0 Å². The zero-order chi connectivity index (χ0) is 8.85. The van der Waals surface area contributed by atoms with E-state index < -0.39 is 5.97 Å². The molecule has 0 bridgehead atoms. The van der Waals surface area contributed by atoms with Crippen LogP contribution in [-0.2, 0) is 4.79 Å². The molecule has 0 aromatic rings. The summed E-state index contributed by atoms with van der Waals surface area (Å²) in [5.41, 5.74) is 0. The van der Waals surface area contributed by atoms with Gasteiger partial charge in [-0.25, -0.2) is 0 Å². The molecule has 66 valence electrons. The second-order valence-corrected chi connectivity index (χ2v) is 2.84. The van der Waals surface area contributed by atoms with Crippen LogP contribution in [0.25, 0.3) is 0 Å². The molecule has 0 saturated carbocycles. The van der Waals surface area contributed by atoms with Crippen molar-refractivity contribution in [3.8, 4) is 0 Å². The molecule has 0 radical (unpaired) electrons. The maximum Gasteiger partial charge on any atom is 0.306 e. The smallest absolute Gasteiger partial charge is 0.306 e. The quantitative estimate of drug-likeness (QED) is 0.633. The van der Waals surface area contributed by atoms with Crippen molar-refractivity contribution >= 4 is 5.97 Å². The second kappa shape index (κ2) is 5.13. The van der Waals surface area contributed by atoms with Crippen LogP contribution in [0.15, 0.2) is 0 Å². The summed E-state index contributed by atoms with van der Waals surface area (Å²) in [7, 11) is 0. The molecule has 2 N–H and O–H groups in total. The predicted octanol–water partition coefficient (Wildman–Crippen LogP) is 1.12. The van der Waals surface area contributed by atoms with Crippen LogP contribution in [0.5, 0.6) is 0 Å². The minimum atomic E-state index is -0.798. The maximum atomic E-state index is 10.6. The Balaban J connectivity index is 3.97. The molecule has 0 aliphatic rings. The number of carbonyl (C=O) groups is 1. The molecule has 2 atom stereocenters. The summed E-state index contributed by atoms with van der Waals surface area (Å²) in [6.45, 7) is 3.81. The Bertz CT molecular complexity index is 123. The van der Waals surface area contributed by atoms with Crippen molar-refractivity contribution in [2.75, 3.05) is 6.61 Å². The lowest BCUT2D eigenvalue weighted by molar-refractivity contribution is -0.144. The molecule has 0 aromatic carbocycles. The molecule has 0 aliphatic carbocycles. The van der Waals surface area contributed by atoms with Gasteiger partial charge in [-0.1, -0.05) is 20.3 Å². The van der Waals surface area contributed by atoms with Gasteiger partial charge in [0.15, 0.2) is 0 Å². The van der Waals surface area contributed by atoms with Crippen molar-refractivity contribution in [3.05, 3.63) is 0 Å². The molecule has 0 heterocycles. The molecule has 3 heteroatoms. The third-order valence-electron chi connectivity index (χ3n) is 2.09. The highest BCUT2D eigenvalue weighted by molar-refractivity contribution is 5.70. The number of carboxylic acid groups (broad SMARTS) is 1. The van der Waals surface area contributed by atoms with Gasteiger partial charge in [0.2, 0.25) is 0 Å². The maximum absolute atomic E-state index is 10.6. The van der Waals surface area contributed by atoms with Crippen LogP contribution in [0.4, 0.5) is 0 Å². The van der Waals surface area contributed by atoms with E-state index in [4.69, 9.17) is 10.2 Å². The Labute approximate surface area is 67.0 Å². The highest BCUT2D eigenvalue weighted by Crippen LogP contribution is 2.18. The monoisotopic (exact) mass is 160 g/mol. The van der Waals surface area contributed by atoms with E-state index in [0.29, 0.717) is 6.42 Å². The first-order valence-electron chi connectivity index (χ1n) is 3.97. The summed E-state index contributed by atoms with van der Waals surface area (Å²) >= 11 is 0. The Hall–Kier alpha value is -0.570. The molecule has 0 aliphatic heterocycles. The number of hydrogen-bond donors (Lipinski definition) is 2. The summed E-state index contributed by atoms with van der Waals surface area (Å²) in [5, 5.41) is 17.3. The van der Waals surface area contributed by atoms with Gasteiger partial charge in [0.25, 0.3) is 0 Å². The lowest BCUT2D eigenvalue weighted by Crippen LogP contribution is -2.22. The first-order chi connectivity index (χ1) is 5.13. The fourth-order valence-electron chi connectivity index (χ4n) is 1.07. The van der Waals surface area contributed by atoms with Crippen molar-refractivity contribution < 1.29 is 15.0 Å². The Kier molecular flexibility index (Phi) is 4.86. The summed E-state index contributed by atoms with van der Waals surface area (Å²) in [5.74, 6) is -1.03. The average Bonchev–Trinajstić information content (AvgIpc) is 1.98. The largest absolute Gasteiger partial charge is 0.481 e. The minimum Gasteiger partial charge on any atom is -0.481 e.